The van der Waals surface area contributed by atoms with Crippen LogP contribution < -0.4 is 0 Å². The van der Waals surface area contributed by atoms with Crippen LogP contribution in [0.25, 0.3) is 0 Å². The van der Waals surface area contributed by atoms with Crippen LogP contribution in [0.4, 0.5) is 0 Å². The van der Waals surface area contributed by atoms with Crippen LogP contribution in [0.15, 0.2) is 11.6 Å². The summed E-state index contributed by atoms with van der Waals surface area (Å²) in [6.45, 7) is 0. The van der Waals surface area contributed by atoms with Gasteiger partial charge in [-0.3, -0.25) is 4.79 Å². The highest BCUT2D eigenvalue weighted by molar-refractivity contribution is 6.26. The second kappa shape index (κ2) is 11.6. The van der Waals surface area contributed by atoms with Gasteiger partial charge < -0.3 is 4.90 Å². The van der Waals surface area contributed by atoms with Crippen LogP contribution in [0.2, 0.25) is 0 Å². The Morgan fingerprint density at radius 1 is 1.50 bits per heavy atom. The number of carbonyl (C=O) groups is 1. The molecule has 0 aromatic carbocycles. The van der Waals surface area contributed by atoms with Crippen molar-refractivity contribution in [3.8, 4) is 0 Å². The predicted molar refractivity (Wildman–Crippen MR) is 45.5 cm³/mol. The third-order valence-corrected chi connectivity index (χ3v) is 0.745. The molecule has 1 amide bonds. The van der Waals surface area contributed by atoms with Crippen LogP contribution >= 0.6 is 23.2 Å². The molecule has 0 rings (SSSR count). The first-order valence-corrected chi connectivity index (χ1v) is 3.59. The molecule has 2 nitrogen and oxygen atoms in total. The minimum absolute atomic E-state index is 0.503. The summed E-state index contributed by atoms with van der Waals surface area (Å²) in [6, 6.07) is 0. The zero-order valence-corrected chi connectivity index (χ0v) is 7.56. The number of rotatable bonds is 2. The normalized spacial score (nSPS) is 8.40. The van der Waals surface area contributed by atoms with Crippen molar-refractivity contribution in [2.45, 2.75) is 0 Å². The zero-order valence-electron chi connectivity index (χ0n) is 6.05. The van der Waals surface area contributed by atoms with Crippen LogP contribution in [0.3, 0.4) is 0 Å². The number of carbonyl (C=O) groups excluding carboxylic acids is 1. The van der Waals surface area contributed by atoms with Gasteiger partial charge in [-0.1, -0.05) is 17.7 Å². The molecule has 0 bridgehead atoms. The first-order valence-electron chi connectivity index (χ1n) is 2.62. The molecule has 60 valence electrons. The first-order chi connectivity index (χ1) is 4.68. The largest absolute Gasteiger partial charge is 0.351 e. The van der Waals surface area contributed by atoms with Crippen LogP contribution in [0.5, 0.6) is 0 Å². The van der Waals surface area contributed by atoms with Gasteiger partial charge in [-0.05, 0) is 0 Å². The Morgan fingerprint density at radius 2 is 1.90 bits per heavy atom. The average molecular weight is 184 g/mol. The summed E-state index contributed by atoms with van der Waals surface area (Å²) in [7, 11) is 3.38. The Labute approximate surface area is 71.4 Å². The van der Waals surface area contributed by atoms with Crippen LogP contribution in [-0.2, 0) is 4.79 Å². The first kappa shape index (κ1) is 12.5. The number of nitrogens with zero attached hydrogens (tertiary/aromatic N) is 1. The van der Waals surface area contributed by atoms with Crippen molar-refractivity contribution in [3.63, 3.8) is 0 Å². The molecule has 0 heterocycles. The van der Waals surface area contributed by atoms with Crippen LogP contribution in [0.1, 0.15) is 0 Å². The molecule has 0 saturated carbocycles. The minimum Gasteiger partial charge on any atom is -0.351 e. The molecule has 10 heavy (non-hydrogen) atoms. The van der Waals surface area contributed by atoms with E-state index in [1.807, 2.05) is 0 Å². The summed E-state index contributed by atoms with van der Waals surface area (Å²) in [5, 5.41) is 0. The maximum absolute atomic E-state index is 9.43. The molecule has 0 aliphatic heterocycles. The Kier molecular flexibility index (Phi) is 14.4. The van der Waals surface area contributed by atoms with Crippen LogP contribution in [0, 0.1) is 0 Å². The molecule has 4 heteroatoms. The Bertz CT molecular complexity index is 93.7. The molecule has 0 saturated heterocycles. The van der Waals surface area contributed by atoms with E-state index < -0.39 is 0 Å². The standard InChI is InChI=1S/C3H4Cl2.C3H7NO/c4-2-1-3-5;1-4(2)3-5/h1-2H,3H2;3H,1-2H3. The van der Waals surface area contributed by atoms with Crippen LogP contribution in [-0.4, -0.2) is 31.3 Å². The number of halogens is 2. The van der Waals surface area contributed by atoms with E-state index in [9.17, 15) is 4.79 Å². The van der Waals surface area contributed by atoms with Gasteiger partial charge in [-0.15, -0.1) is 11.6 Å². The number of allylic oxidation sites excluding steroid dienone is 1. The summed E-state index contributed by atoms with van der Waals surface area (Å²) < 4.78 is 0. The van der Waals surface area contributed by atoms with Gasteiger partial charge in [-0.25, -0.2) is 0 Å². The summed E-state index contributed by atoms with van der Waals surface area (Å²) in [6.07, 6.45) is 2.41. The second-order valence-electron chi connectivity index (χ2n) is 1.59. The average Bonchev–Trinajstić information content (AvgIpc) is 1.91. The van der Waals surface area contributed by atoms with Gasteiger partial charge in [0, 0.05) is 25.5 Å². The highest BCUT2D eigenvalue weighted by Crippen LogP contribution is 1.79. The lowest BCUT2D eigenvalue weighted by molar-refractivity contribution is -0.115. The summed E-state index contributed by atoms with van der Waals surface area (Å²) >= 11 is 10.2. The monoisotopic (exact) mass is 183 g/mol. The molecule has 0 N–H and O–H groups in total. The quantitative estimate of drug-likeness (QED) is 0.472. The fourth-order valence-electron chi connectivity index (χ4n) is 0.0337. The number of hydrogen-bond acceptors (Lipinski definition) is 1. The Balaban J connectivity index is 0. The van der Waals surface area contributed by atoms with E-state index in [-0.39, 0.29) is 0 Å². The van der Waals surface area contributed by atoms with Crippen molar-refractivity contribution < 1.29 is 4.79 Å². The molecular formula is C6H11Cl2NO. The fraction of sp³-hybridized carbons (Fsp3) is 0.500. The third kappa shape index (κ3) is 25.0. The molecule has 0 atom stereocenters. The van der Waals surface area contributed by atoms with Crippen molar-refractivity contribution in [2.24, 2.45) is 0 Å². The lowest BCUT2D eigenvalue weighted by atomic mass is 10.8. The lowest BCUT2D eigenvalue weighted by Gasteiger charge is -1.93. The second-order valence-corrected chi connectivity index (χ2v) is 2.15. The van der Waals surface area contributed by atoms with Gasteiger partial charge in [0.1, 0.15) is 0 Å². The lowest BCUT2D eigenvalue weighted by Crippen LogP contribution is -2.06. The SMILES string of the molecule is CN(C)C=O.ClC=CCCl. The summed E-state index contributed by atoms with van der Waals surface area (Å²) in [4.78, 5) is 10.9. The highest BCUT2D eigenvalue weighted by Gasteiger charge is 1.68. The number of hydrogen-bond donors (Lipinski definition) is 0. The fourth-order valence-corrected chi connectivity index (χ4v) is 0.303. The van der Waals surface area contributed by atoms with E-state index in [0.717, 1.165) is 6.41 Å². The van der Waals surface area contributed by atoms with Gasteiger partial charge in [0.2, 0.25) is 6.41 Å². The van der Waals surface area contributed by atoms with Crippen molar-refractivity contribution in [1.29, 1.82) is 0 Å². The number of alkyl halides is 1. The summed E-state index contributed by atoms with van der Waals surface area (Å²) in [5.41, 5.74) is 1.40. The van der Waals surface area contributed by atoms with Gasteiger partial charge in [0.15, 0.2) is 0 Å². The molecule has 0 fully saturated rings. The van der Waals surface area contributed by atoms with Crippen molar-refractivity contribution in [1.82, 2.24) is 4.90 Å². The van der Waals surface area contributed by atoms with E-state index >= 15 is 0 Å². The summed E-state index contributed by atoms with van der Waals surface area (Å²) in [5.74, 6) is 0.503. The van der Waals surface area contributed by atoms with E-state index in [0.29, 0.717) is 5.88 Å². The van der Waals surface area contributed by atoms with Gasteiger partial charge in [0.05, 0.1) is 0 Å². The van der Waals surface area contributed by atoms with Crippen molar-refractivity contribution >= 4 is 29.6 Å². The molecule has 0 spiro atoms. The Morgan fingerprint density at radius 3 is 1.90 bits per heavy atom. The van der Waals surface area contributed by atoms with Gasteiger partial charge in [-0.2, -0.15) is 0 Å². The maximum Gasteiger partial charge on any atom is 0.209 e. The van der Waals surface area contributed by atoms with E-state index in [1.165, 1.54) is 10.4 Å². The third-order valence-electron chi connectivity index (χ3n) is 0.389. The van der Waals surface area contributed by atoms with Crippen molar-refractivity contribution in [3.05, 3.63) is 11.6 Å². The molecule has 0 aliphatic carbocycles. The molecule has 0 aromatic heterocycles. The zero-order chi connectivity index (χ0) is 8.41. The Hall–Kier alpha value is -0.210. The van der Waals surface area contributed by atoms with E-state index in [2.05, 4.69) is 0 Å². The van der Waals surface area contributed by atoms with E-state index in [1.54, 1.807) is 20.2 Å². The highest BCUT2D eigenvalue weighted by atomic mass is 35.5. The molecule has 0 aromatic rings. The predicted octanol–water partition coefficient (Wildman–Crippen LogP) is 1.68. The number of amides is 1. The smallest absolute Gasteiger partial charge is 0.209 e. The van der Waals surface area contributed by atoms with Crippen molar-refractivity contribution in [2.75, 3.05) is 20.0 Å². The van der Waals surface area contributed by atoms with E-state index in [4.69, 9.17) is 23.2 Å². The molecular weight excluding hydrogens is 173 g/mol. The maximum atomic E-state index is 9.43. The molecule has 0 aliphatic rings. The van der Waals surface area contributed by atoms with Gasteiger partial charge in [0.25, 0.3) is 0 Å². The topological polar surface area (TPSA) is 20.3 Å². The minimum atomic E-state index is 0.503. The molecule has 0 unspecified atom stereocenters. The molecule has 0 radical (unpaired) electrons. The van der Waals surface area contributed by atoms with Gasteiger partial charge >= 0.3 is 0 Å².